The lowest BCUT2D eigenvalue weighted by Crippen LogP contribution is -2.30. The fourth-order valence-corrected chi connectivity index (χ4v) is 1.90. The lowest BCUT2D eigenvalue weighted by molar-refractivity contribution is -0.148. The van der Waals surface area contributed by atoms with Gasteiger partial charge in [0.15, 0.2) is 0 Å². The minimum absolute atomic E-state index is 0.0850. The molecule has 0 radical (unpaired) electrons. The van der Waals surface area contributed by atoms with E-state index < -0.39 is 11.4 Å². The number of carboxylic acids is 1. The third-order valence-corrected chi connectivity index (χ3v) is 3.63. The first-order valence-corrected chi connectivity index (χ1v) is 7.14. The SMILES string of the molecule is CC(C)(COc1ccc(CNC2CC2)cc1Cl)C(=O)O. The number of halogens is 1. The molecule has 0 amide bonds. The minimum atomic E-state index is -0.935. The molecule has 1 aliphatic rings. The molecule has 110 valence electrons. The summed E-state index contributed by atoms with van der Waals surface area (Å²) in [7, 11) is 0. The van der Waals surface area contributed by atoms with E-state index in [0.29, 0.717) is 16.8 Å². The summed E-state index contributed by atoms with van der Waals surface area (Å²) in [6.07, 6.45) is 2.50. The van der Waals surface area contributed by atoms with E-state index in [9.17, 15) is 4.79 Å². The second-order valence-electron chi connectivity index (χ2n) is 5.90. The zero-order valence-corrected chi connectivity index (χ0v) is 12.5. The first-order valence-electron chi connectivity index (χ1n) is 6.76. The Balaban J connectivity index is 1.93. The van der Waals surface area contributed by atoms with Gasteiger partial charge >= 0.3 is 5.97 Å². The van der Waals surface area contributed by atoms with Gasteiger partial charge in [-0.2, -0.15) is 0 Å². The quantitative estimate of drug-likeness (QED) is 0.812. The van der Waals surface area contributed by atoms with Crippen molar-refractivity contribution in [1.29, 1.82) is 0 Å². The highest BCUT2D eigenvalue weighted by Crippen LogP contribution is 2.28. The van der Waals surface area contributed by atoms with E-state index in [1.54, 1.807) is 19.9 Å². The van der Waals surface area contributed by atoms with Gasteiger partial charge in [-0.3, -0.25) is 4.79 Å². The fraction of sp³-hybridized carbons (Fsp3) is 0.533. The molecule has 1 fully saturated rings. The molecule has 0 unspecified atom stereocenters. The molecule has 0 bridgehead atoms. The Kier molecular flexibility index (Phi) is 4.55. The van der Waals surface area contributed by atoms with Crippen LogP contribution in [0.4, 0.5) is 0 Å². The van der Waals surface area contributed by atoms with Crippen molar-refractivity contribution in [3.63, 3.8) is 0 Å². The van der Waals surface area contributed by atoms with Crippen LogP contribution in [0.3, 0.4) is 0 Å². The predicted molar refractivity (Wildman–Crippen MR) is 78.2 cm³/mol. The molecule has 1 aliphatic carbocycles. The normalized spacial score (nSPS) is 15.2. The summed E-state index contributed by atoms with van der Waals surface area (Å²) >= 11 is 6.17. The van der Waals surface area contributed by atoms with Crippen molar-refractivity contribution in [2.24, 2.45) is 5.41 Å². The molecule has 0 atom stereocenters. The molecule has 4 nitrogen and oxygen atoms in total. The number of hydrogen-bond acceptors (Lipinski definition) is 3. The van der Waals surface area contributed by atoms with Crippen LogP contribution in [-0.4, -0.2) is 23.7 Å². The maximum absolute atomic E-state index is 11.0. The monoisotopic (exact) mass is 297 g/mol. The van der Waals surface area contributed by atoms with Gasteiger partial charge in [0.05, 0.1) is 10.4 Å². The molecule has 2 N–H and O–H groups in total. The van der Waals surface area contributed by atoms with Gasteiger partial charge in [0.25, 0.3) is 0 Å². The van der Waals surface area contributed by atoms with Gasteiger partial charge in [-0.1, -0.05) is 17.7 Å². The van der Waals surface area contributed by atoms with Gasteiger partial charge in [0.1, 0.15) is 12.4 Å². The van der Waals surface area contributed by atoms with Crippen LogP contribution in [0.1, 0.15) is 32.3 Å². The number of carbonyl (C=O) groups is 1. The Morgan fingerprint density at radius 2 is 2.20 bits per heavy atom. The number of hydrogen-bond donors (Lipinski definition) is 2. The highest BCUT2D eigenvalue weighted by atomic mass is 35.5. The van der Waals surface area contributed by atoms with Crippen LogP contribution < -0.4 is 10.1 Å². The molecule has 2 rings (SSSR count). The predicted octanol–water partition coefficient (Wildman–Crippen LogP) is 3.08. The van der Waals surface area contributed by atoms with Crippen LogP contribution in [0.25, 0.3) is 0 Å². The zero-order valence-electron chi connectivity index (χ0n) is 11.8. The number of benzene rings is 1. The smallest absolute Gasteiger partial charge is 0.312 e. The van der Waals surface area contributed by atoms with Gasteiger partial charge in [-0.05, 0) is 44.4 Å². The summed E-state index contributed by atoms with van der Waals surface area (Å²) in [5, 5.41) is 13.0. The van der Waals surface area contributed by atoms with Crippen molar-refractivity contribution in [2.45, 2.75) is 39.3 Å². The van der Waals surface area contributed by atoms with Gasteiger partial charge in [-0.15, -0.1) is 0 Å². The highest BCUT2D eigenvalue weighted by molar-refractivity contribution is 6.32. The van der Waals surface area contributed by atoms with Gasteiger partial charge in [0, 0.05) is 12.6 Å². The van der Waals surface area contributed by atoms with Crippen LogP contribution in [0, 0.1) is 5.41 Å². The average Bonchev–Trinajstić information content (AvgIpc) is 3.19. The Bertz CT molecular complexity index is 498. The van der Waals surface area contributed by atoms with Crippen LogP contribution in [0.5, 0.6) is 5.75 Å². The Labute approximate surface area is 124 Å². The van der Waals surface area contributed by atoms with Crippen molar-refractivity contribution in [3.05, 3.63) is 28.8 Å². The van der Waals surface area contributed by atoms with E-state index in [2.05, 4.69) is 5.32 Å². The molecule has 1 saturated carbocycles. The van der Waals surface area contributed by atoms with Gasteiger partial charge in [0.2, 0.25) is 0 Å². The molecule has 1 aromatic rings. The molecule has 1 aromatic carbocycles. The first kappa shape index (κ1) is 15.1. The zero-order chi connectivity index (χ0) is 14.8. The number of nitrogens with one attached hydrogen (secondary N) is 1. The van der Waals surface area contributed by atoms with Crippen molar-refractivity contribution >= 4 is 17.6 Å². The number of carboxylic acid groups (broad SMARTS) is 1. The Hall–Kier alpha value is -1.26. The van der Waals surface area contributed by atoms with E-state index in [1.807, 2.05) is 12.1 Å². The second kappa shape index (κ2) is 6.02. The van der Waals surface area contributed by atoms with E-state index in [-0.39, 0.29) is 6.61 Å². The molecule has 0 aliphatic heterocycles. The van der Waals surface area contributed by atoms with E-state index in [4.69, 9.17) is 21.4 Å². The molecule has 0 aromatic heterocycles. The topological polar surface area (TPSA) is 58.6 Å². The molecule has 20 heavy (non-hydrogen) atoms. The average molecular weight is 298 g/mol. The fourth-order valence-electron chi connectivity index (χ4n) is 1.64. The highest BCUT2D eigenvalue weighted by Gasteiger charge is 2.28. The van der Waals surface area contributed by atoms with Crippen LogP contribution >= 0.6 is 11.6 Å². The lowest BCUT2D eigenvalue weighted by atomic mass is 9.95. The first-order chi connectivity index (χ1) is 9.38. The lowest BCUT2D eigenvalue weighted by Gasteiger charge is -2.20. The molecule has 0 heterocycles. The number of aliphatic carboxylic acids is 1. The summed E-state index contributed by atoms with van der Waals surface area (Å²) in [5.41, 5.74) is 0.168. The van der Waals surface area contributed by atoms with Crippen molar-refractivity contribution in [2.75, 3.05) is 6.61 Å². The maximum Gasteiger partial charge on any atom is 0.312 e. The molecule has 0 saturated heterocycles. The van der Waals surface area contributed by atoms with Crippen LogP contribution in [-0.2, 0) is 11.3 Å². The third kappa shape index (κ3) is 4.12. The van der Waals surface area contributed by atoms with E-state index >= 15 is 0 Å². The molecular weight excluding hydrogens is 278 g/mol. The third-order valence-electron chi connectivity index (χ3n) is 3.34. The number of ether oxygens (including phenoxy) is 1. The Morgan fingerprint density at radius 1 is 1.50 bits per heavy atom. The summed E-state index contributed by atoms with van der Waals surface area (Å²) in [4.78, 5) is 11.0. The van der Waals surface area contributed by atoms with Gasteiger partial charge < -0.3 is 15.2 Å². The van der Waals surface area contributed by atoms with Crippen molar-refractivity contribution in [3.8, 4) is 5.75 Å². The molecule has 0 spiro atoms. The van der Waals surface area contributed by atoms with E-state index in [1.165, 1.54) is 12.8 Å². The summed E-state index contributed by atoms with van der Waals surface area (Å²) in [6, 6.07) is 6.26. The standard InChI is InChI=1S/C15H20ClNO3/c1-15(2,14(18)19)9-20-13-6-3-10(7-12(13)16)8-17-11-4-5-11/h3,6-7,11,17H,4-5,8-9H2,1-2H3,(H,18,19). The largest absolute Gasteiger partial charge is 0.491 e. The maximum atomic E-state index is 11.0. The number of rotatable bonds is 7. The van der Waals surface area contributed by atoms with Crippen LogP contribution in [0.2, 0.25) is 5.02 Å². The summed E-state index contributed by atoms with van der Waals surface area (Å²) < 4.78 is 5.52. The van der Waals surface area contributed by atoms with E-state index in [0.717, 1.165) is 12.1 Å². The molecule has 5 heteroatoms. The van der Waals surface area contributed by atoms with Crippen molar-refractivity contribution < 1.29 is 14.6 Å². The second-order valence-corrected chi connectivity index (χ2v) is 6.30. The van der Waals surface area contributed by atoms with Crippen molar-refractivity contribution in [1.82, 2.24) is 5.32 Å². The molecular formula is C15H20ClNO3. The minimum Gasteiger partial charge on any atom is -0.491 e. The summed E-state index contributed by atoms with van der Waals surface area (Å²) in [6.45, 7) is 4.13. The van der Waals surface area contributed by atoms with Gasteiger partial charge in [-0.25, -0.2) is 0 Å². The summed E-state index contributed by atoms with van der Waals surface area (Å²) in [5.74, 6) is -0.366. The van der Waals surface area contributed by atoms with Crippen LogP contribution in [0.15, 0.2) is 18.2 Å². The Morgan fingerprint density at radius 3 is 2.75 bits per heavy atom.